The van der Waals surface area contributed by atoms with Crippen LogP contribution in [0, 0.1) is 23.2 Å². The van der Waals surface area contributed by atoms with E-state index in [4.69, 9.17) is 0 Å². The maximum absolute atomic E-state index is 12.2. The van der Waals surface area contributed by atoms with E-state index in [0.29, 0.717) is 6.42 Å². The quantitative estimate of drug-likeness (QED) is 0.734. The first-order valence-corrected chi connectivity index (χ1v) is 11.2. The van der Waals surface area contributed by atoms with Crippen LogP contribution in [0.3, 0.4) is 0 Å². The van der Waals surface area contributed by atoms with Crippen LogP contribution in [0.1, 0.15) is 50.0 Å². The molecule has 2 unspecified atom stereocenters. The first-order chi connectivity index (χ1) is 14.0. The van der Waals surface area contributed by atoms with E-state index in [1.54, 1.807) is 4.90 Å². The fraction of sp³-hybridized carbons (Fsp3) is 0.667. The van der Waals surface area contributed by atoms with Gasteiger partial charge in [0.25, 0.3) is 0 Å². The molecule has 3 fully saturated rings. The van der Waals surface area contributed by atoms with E-state index in [1.807, 2.05) is 19.0 Å². The maximum atomic E-state index is 12.2. The molecule has 156 valence electrons. The predicted octanol–water partition coefficient (Wildman–Crippen LogP) is 3.93. The molecule has 5 heteroatoms. The molecule has 2 aliphatic heterocycles. The molecule has 2 atom stereocenters. The smallest absolute Gasteiger partial charge is 0.319 e. The van der Waals surface area contributed by atoms with Crippen molar-refractivity contribution in [2.75, 3.05) is 40.3 Å². The summed E-state index contributed by atoms with van der Waals surface area (Å²) < 4.78 is 0. The third-order valence-electron chi connectivity index (χ3n) is 7.48. The minimum Gasteiger partial charge on any atom is -0.331 e. The summed E-state index contributed by atoms with van der Waals surface area (Å²) in [4.78, 5) is 18.4. The molecule has 2 saturated heterocycles. The molecule has 1 aromatic rings. The number of carbonyl (C=O) groups excluding carboxylic acids is 1. The number of rotatable bonds is 6. The summed E-state index contributed by atoms with van der Waals surface area (Å²) in [6.07, 6.45) is 6.45. The number of likely N-dealkylation sites (tertiary alicyclic amines) is 2. The summed E-state index contributed by atoms with van der Waals surface area (Å²) >= 11 is 0. The number of amides is 2. The van der Waals surface area contributed by atoms with Gasteiger partial charge in [-0.1, -0.05) is 30.3 Å². The van der Waals surface area contributed by atoms with Crippen LogP contribution in [0.2, 0.25) is 0 Å². The molecule has 1 aromatic carbocycles. The Morgan fingerprint density at radius 3 is 2.48 bits per heavy atom. The first-order valence-electron chi connectivity index (χ1n) is 11.2. The molecule has 0 spiro atoms. The highest BCUT2D eigenvalue weighted by atomic mass is 16.2. The predicted molar refractivity (Wildman–Crippen MR) is 114 cm³/mol. The van der Waals surface area contributed by atoms with E-state index >= 15 is 0 Å². The molecule has 4 rings (SSSR count). The number of urea groups is 1. The SMILES string of the molecule is CN(C)C(=O)N1CCC(CC#N)(N2CC(CCC3CC3c3ccccc3)C2)CC1. The van der Waals surface area contributed by atoms with Gasteiger partial charge in [-0.15, -0.1) is 0 Å². The molecule has 1 saturated carbocycles. The molecule has 1 aliphatic carbocycles. The van der Waals surface area contributed by atoms with Gasteiger partial charge in [-0.3, -0.25) is 4.90 Å². The van der Waals surface area contributed by atoms with E-state index < -0.39 is 0 Å². The molecular weight excluding hydrogens is 360 g/mol. The Balaban J connectivity index is 1.23. The van der Waals surface area contributed by atoms with Crippen LogP contribution in [0.15, 0.2) is 30.3 Å². The van der Waals surface area contributed by atoms with Crippen molar-refractivity contribution in [2.45, 2.75) is 50.0 Å². The number of nitriles is 1. The Morgan fingerprint density at radius 1 is 1.17 bits per heavy atom. The average Bonchev–Trinajstić information content (AvgIpc) is 3.47. The number of carbonyl (C=O) groups is 1. The van der Waals surface area contributed by atoms with Gasteiger partial charge in [-0.25, -0.2) is 4.79 Å². The van der Waals surface area contributed by atoms with E-state index in [2.05, 4.69) is 41.3 Å². The Kier molecular flexibility index (Phi) is 5.83. The lowest BCUT2D eigenvalue weighted by molar-refractivity contribution is -0.0476. The lowest BCUT2D eigenvalue weighted by Gasteiger charge is -2.55. The standard InChI is InChI=1S/C24H34N4O/c1-26(2)23(29)27-14-11-24(10-13-25,12-15-27)28-17-19(18-28)8-9-21-16-22(21)20-6-4-3-5-7-20/h3-7,19,21-22H,8-12,14-18H2,1-2H3. The fourth-order valence-electron chi connectivity index (χ4n) is 5.41. The molecule has 0 radical (unpaired) electrons. The number of nitrogens with zero attached hydrogens (tertiary/aromatic N) is 4. The third kappa shape index (κ3) is 4.28. The molecule has 0 N–H and O–H groups in total. The summed E-state index contributed by atoms with van der Waals surface area (Å²) in [7, 11) is 3.61. The number of benzene rings is 1. The average molecular weight is 395 g/mol. The van der Waals surface area contributed by atoms with Crippen LogP contribution in [0.25, 0.3) is 0 Å². The molecule has 2 heterocycles. The second-order valence-electron chi connectivity index (χ2n) is 9.58. The number of piperidine rings is 1. The van der Waals surface area contributed by atoms with Gasteiger partial charge in [0.15, 0.2) is 0 Å². The van der Waals surface area contributed by atoms with Gasteiger partial charge in [-0.05, 0) is 55.4 Å². The second-order valence-corrected chi connectivity index (χ2v) is 9.58. The van der Waals surface area contributed by atoms with Crippen molar-refractivity contribution in [3.8, 4) is 6.07 Å². The summed E-state index contributed by atoms with van der Waals surface area (Å²) in [6, 6.07) is 13.5. The largest absolute Gasteiger partial charge is 0.331 e. The van der Waals surface area contributed by atoms with E-state index in [-0.39, 0.29) is 11.6 Å². The highest BCUT2D eigenvalue weighted by molar-refractivity contribution is 5.73. The maximum Gasteiger partial charge on any atom is 0.319 e. The lowest BCUT2D eigenvalue weighted by atomic mass is 9.78. The fourth-order valence-corrected chi connectivity index (χ4v) is 5.41. The molecule has 29 heavy (non-hydrogen) atoms. The van der Waals surface area contributed by atoms with Crippen LogP contribution in [0.5, 0.6) is 0 Å². The minimum atomic E-state index is -0.0134. The first kappa shape index (κ1) is 20.2. The lowest BCUT2D eigenvalue weighted by Crippen LogP contribution is -2.63. The van der Waals surface area contributed by atoms with E-state index in [0.717, 1.165) is 56.8 Å². The monoisotopic (exact) mass is 394 g/mol. The van der Waals surface area contributed by atoms with Crippen LogP contribution >= 0.6 is 0 Å². The molecule has 5 nitrogen and oxygen atoms in total. The van der Waals surface area contributed by atoms with Crippen molar-refractivity contribution >= 4 is 6.03 Å². The van der Waals surface area contributed by atoms with Crippen molar-refractivity contribution in [1.29, 1.82) is 5.26 Å². The third-order valence-corrected chi connectivity index (χ3v) is 7.48. The van der Waals surface area contributed by atoms with Gasteiger partial charge in [0.05, 0.1) is 12.5 Å². The molecule has 0 aromatic heterocycles. The van der Waals surface area contributed by atoms with E-state index in [1.165, 1.54) is 24.8 Å². The number of hydrogen-bond acceptors (Lipinski definition) is 3. The zero-order chi connectivity index (χ0) is 20.4. The Bertz CT molecular complexity index is 742. The molecule has 0 bridgehead atoms. The normalized spacial score (nSPS) is 26.4. The van der Waals surface area contributed by atoms with Crippen molar-refractivity contribution in [1.82, 2.24) is 14.7 Å². The summed E-state index contributed by atoms with van der Waals surface area (Å²) in [5.74, 6) is 2.44. The highest BCUT2D eigenvalue weighted by Gasteiger charge is 2.46. The van der Waals surface area contributed by atoms with Gasteiger partial charge in [0.1, 0.15) is 0 Å². The van der Waals surface area contributed by atoms with Crippen LogP contribution in [-0.2, 0) is 0 Å². The highest BCUT2D eigenvalue weighted by Crippen LogP contribution is 2.51. The Hall–Kier alpha value is -2.06. The zero-order valence-corrected chi connectivity index (χ0v) is 17.9. The van der Waals surface area contributed by atoms with Crippen LogP contribution in [0.4, 0.5) is 4.79 Å². The van der Waals surface area contributed by atoms with Crippen molar-refractivity contribution < 1.29 is 4.79 Å². The zero-order valence-electron chi connectivity index (χ0n) is 17.9. The summed E-state index contributed by atoms with van der Waals surface area (Å²) in [5, 5.41) is 9.44. The minimum absolute atomic E-state index is 0.0134. The van der Waals surface area contributed by atoms with Crippen molar-refractivity contribution in [3.63, 3.8) is 0 Å². The van der Waals surface area contributed by atoms with Gasteiger partial charge in [0.2, 0.25) is 0 Å². The van der Waals surface area contributed by atoms with Crippen LogP contribution in [-0.4, -0.2) is 66.5 Å². The topological polar surface area (TPSA) is 50.6 Å². The summed E-state index contributed by atoms with van der Waals surface area (Å²) in [5.41, 5.74) is 1.50. The van der Waals surface area contributed by atoms with Crippen LogP contribution < -0.4 is 0 Å². The molecule has 2 amide bonds. The van der Waals surface area contributed by atoms with E-state index in [9.17, 15) is 10.1 Å². The summed E-state index contributed by atoms with van der Waals surface area (Å²) in [6.45, 7) is 3.79. The van der Waals surface area contributed by atoms with Gasteiger partial charge in [-0.2, -0.15) is 5.26 Å². The molecule has 3 aliphatic rings. The Labute approximate surface area is 175 Å². The van der Waals surface area contributed by atoms with Gasteiger partial charge in [0, 0.05) is 45.8 Å². The van der Waals surface area contributed by atoms with Crippen molar-refractivity contribution in [3.05, 3.63) is 35.9 Å². The van der Waals surface area contributed by atoms with Crippen molar-refractivity contribution in [2.24, 2.45) is 11.8 Å². The van der Waals surface area contributed by atoms with Gasteiger partial charge < -0.3 is 9.80 Å². The number of hydrogen-bond donors (Lipinski definition) is 0. The Morgan fingerprint density at radius 2 is 1.86 bits per heavy atom. The second kappa shape index (κ2) is 8.36. The molecular formula is C24H34N4O. The van der Waals surface area contributed by atoms with Gasteiger partial charge >= 0.3 is 6.03 Å².